The third-order valence-electron chi connectivity index (χ3n) is 5.74. The zero-order chi connectivity index (χ0) is 20.1. The van der Waals surface area contributed by atoms with Gasteiger partial charge in [0, 0.05) is 6.54 Å². The number of hydrogen-bond donors (Lipinski definition) is 1. The second kappa shape index (κ2) is 9.54. The maximum absolute atomic E-state index is 13.7. The summed E-state index contributed by atoms with van der Waals surface area (Å²) in [6.45, 7) is 0.263. The minimum absolute atomic E-state index is 0.190. The van der Waals surface area contributed by atoms with Crippen LogP contribution in [0.2, 0.25) is 0 Å². The molecule has 3 atom stereocenters. The van der Waals surface area contributed by atoms with E-state index in [0.29, 0.717) is 24.2 Å². The highest BCUT2D eigenvalue weighted by molar-refractivity contribution is 7.98. The van der Waals surface area contributed by atoms with E-state index in [0.717, 1.165) is 25.7 Å². The van der Waals surface area contributed by atoms with E-state index in [1.807, 2.05) is 6.26 Å². The first-order chi connectivity index (χ1) is 13.5. The lowest BCUT2D eigenvalue weighted by atomic mass is 9.81. The van der Waals surface area contributed by atoms with Gasteiger partial charge in [0.25, 0.3) is 0 Å². The van der Waals surface area contributed by atoms with E-state index in [-0.39, 0.29) is 41.9 Å². The van der Waals surface area contributed by atoms with Crippen molar-refractivity contribution in [2.24, 2.45) is 11.8 Å². The number of nitrogens with zero attached hydrogens (tertiary/aromatic N) is 1. The van der Waals surface area contributed by atoms with Gasteiger partial charge in [0.1, 0.15) is 11.9 Å². The molecule has 28 heavy (non-hydrogen) atoms. The largest absolute Gasteiger partial charge is 0.354 e. The second-order valence-corrected chi connectivity index (χ2v) is 8.46. The predicted octanol–water partition coefficient (Wildman–Crippen LogP) is 2.78. The Morgan fingerprint density at radius 1 is 1.21 bits per heavy atom. The molecule has 3 amide bonds. The molecule has 2 aliphatic rings. The monoisotopic (exact) mass is 406 g/mol. The van der Waals surface area contributed by atoms with Crippen LogP contribution in [0.15, 0.2) is 24.3 Å². The lowest BCUT2D eigenvalue weighted by Gasteiger charge is -2.26. The zero-order valence-corrected chi connectivity index (χ0v) is 17.0. The van der Waals surface area contributed by atoms with Crippen molar-refractivity contribution in [3.8, 4) is 0 Å². The van der Waals surface area contributed by atoms with E-state index >= 15 is 0 Å². The van der Waals surface area contributed by atoms with Crippen LogP contribution in [0.4, 0.5) is 4.39 Å². The number of amides is 3. The van der Waals surface area contributed by atoms with Crippen LogP contribution in [0, 0.1) is 17.7 Å². The highest BCUT2D eigenvalue weighted by atomic mass is 32.2. The number of nitrogens with one attached hydrogen (secondary N) is 1. The molecule has 5 nitrogen and oxygen atoms in total. The molecule has 1 aliphatic heterocycles. The Bertz CT molecular complexity index is 718. The smallest absolute Gasteiger partial charge is 0.243 e. The molecule has 1 aromatic carbocycles. The van der Waals surface area contributed by atoms with Crippen LogP contribution in [0.1, 0.15) is 37.7 Å². The summed E-state index contributed by atoms with van der Waals surface area (Å²) in [5, 5.41) is 2.81. The van der Waals surface area contributed by atoms with Crippen LogP contribution < -0.4 is 5.32 Å². The molecule has 1 saturated heterocycles. The molecule has 1 saturated carbocycles. The number of fused-ring (bicyclic) bond motifs is 1. The van der Waals surface area contributed by atoms with Crippen molar-refractivity contribution in [1.29, 1.82) is 0 Å². The van der Waals surface area contributed by atoms with Gasteiger partial charge in [-0.1, -0.05) is 31.0 Å². The fourth-order valence-electron chi connectivity index (χ4n) is 4.24. The summed E-state index contributed by atoms with van der Waals surface area (Å²) in [7, 11) is 0. The minimum Gasteiger partial charge on any atom is -0.354 e. The Kier molecular flexibility index (Phi) is 7.10. The van der Waals surface area contributed by atoms with Crippen molar-refractivity contribution in [2.75, 3.05) is 18.6 Å². The molecule has 0 bridgehead atoms. The quantitative estimate of drug-likeness (QED) is 0.674. The highest BCUT2D eigenvalue weighted by Gasteiger charge is 2.51. The summed E-state index contributed by atoms with van der Waals surface area (Å²) in [4.78, 5) is 39.8. The topological polar surface area (TPSA) is 66.5 Å². The van der Waals surface area contributed by atoms with Gasteiger partial charge in [0.2, 0.25) is 17.7 Å². The van der Waals surface area contributed by atoms with Crippen molar-refractivity contribution in [1.82, 2.24) is 10.2 Å². The van der Waals surface area contributed by atoms with Gasteiger partial charge < -0.3 is 5.32 Å². The first-order valence-electron chi connectivity index (χ1n) is 9.91. The van der Waals surface area contributed by atoms with Crippen LogP contribution in [-0.4, -0.2) is 47.2 Å². The SMILES string of the molecule is CSCC[C@H](C(=O)NCCc1ccccc1F)N1C(=O)[C@H]2CCCC[C@@H]2C1=O. The molecule has 1 N–H and O–H groups in total. The van der Waals surface area contributed by atoms with E-state index in [2.05, 4.69) is 5.32 Å². The van der Waals surface area contributed by atoms with Gasteiger partial charge in [-0.25, -0.2) is 4.39 Å². The van der Waals surface area contributed by atoms with Crippen LogP contribution >= 0.6 is 11.8 Å². The van der Waals surface area contributed by atoms with Crippen LogP contribution in [0.5, 0.6) is 0 Å². The average Bonchev–Trinajstić information content (AvgIpc) is 2.95. The Labute approximate surface area is 169 Å². The Hall–Kier alpha value is -1.89. The molecule has 2 fully saturated rings. The molecule has 0 spiro atoms. The third kappa shape index (κ3) is 4.40. The standard InChI is InChI=1S/C21H27FN2O3S/c1-28-13-11-18(19(25)23-12-10-14-6-2-5-9-17(14)22)24-20(26)15-7-3-4-8-16(15)21(24)27/h2,5-6,9,15-16,18H,3-4,7-8,10-13H2,1H3,(H,23,25)/t15-,16-,18+/m0/s1. The van der Waals surface area contributed by atoms with E-state index in [1.54, 1.807) is 30.0 Å². The van der Waals surface area contributed by atoms with Crippen molar-refractivity contribution in [3.63, 3.8) is 0 Å². The number of halogens is 1. The molecule has 0 aromatic heterocycles. The summed E-state index contributed by atoms with van der Waals surface area (Å²) in [6, 6.07) is 5.68. The number of hydrogen-bond acceptors (Lipinski definition) is 4. The average molecular weight is 407 g/mol. The van der Waals surface area contributed by atoms with Gasteiger partial charge >= 0.3 is 0 Å². The number of carbonyl (C=O) groups is 3. The maximum Gasteiger partial charge on any atom is 0.243 e. The van der Waals surface area contributed by atoms with Crippen molar-refractivity contribution >= 4 is 29.5 Å². The minimum atomic E-state index is -0.779. The summed E-state index contributed by atoms with van der Waals surface area (Å²) >= 11 is 1.58. The molecule has 152 valence electrons. The lowest BCUT2D eigenvalue weighted by molar-refractivity contribution is -0.148. The Morgan fingerprint density at radius 2 is 1.86 bits per heavy atom. The molecule has 1 aromatic rings. The Balaban J connectivity index is 1.67. The number of carbonyl (C=O) groups excluding carboxylic acids is 3. The molecular formula is C21H27FN2O3S. The number of imide groups is 1. The lowest BCUT2D eigenvalue weighted by Crippen LogP contribution is -2.50. The van der Waals surface area contributed by atoms with Gasteiger partial charge in [-0.15, -0.1) is 0 Å². The molecule has 0 unspecified atom stereocenters. The van der Waals surface area contributed by atoms with E-state index in [4.69, 9.17) is 0 Å². The second-order valence-electron chi connectivity index (χ2n) is 7.47. The first kappa shape index (κ1) is 20.8. The Morgan fingerprint density at radius 3 is 2.46 bits per heavy atom. The normalized spacial score (nSPS) is 22.9. The molecule has 7 heteroatoms. The summed E-state index contributed by atoms with van der Waals surface area (Å²) < 4.78 is 13.7. The molecule has 1 aliphatic carbocycles. The first-order valence-corrected chi connectivity index (χ1v) is 11.3. The van der Waals surface area contributed by atoms with Crippen molar-refractivity contribution in [3.05, 3.63) is 35.6 Å². The highest BCUT2D eigenvalue weighted by Crippen LogP contribution is 2.39. The van der Waals surface area contributed by atoms with Crippen LogP contribution in [-0.2, 0) is 20.8 Å². The fourth-order valence-corrected chi connectivity index (χ4v) is 4.70. The number of thioether (sulfide) groups is 1. The van der Waals surface area contributed by atoms with Gasteiger partial charge in [0.05, 0.1) is 11.8 Å². The third-order valence-corrected chi connectivity index (χ3v) is 6.38. The van der Waals surface area contributed by atoms with Gasteiger partial charge in [0.15, 0.2) is 0 Å². The maximum atomic E-state index is 13.7. The van der Waals surface area contributed by atoms with Crippen LogP contribution in [0.3, 0.4) is 0 Å². The van der Waals surface area contributed by atoms with E-state index in [1.165, 1.54) is 11.0 Å². The van der Waals surface area contributed by atoms with E-state index < -0.39 is 6.04 Å². The van der Waals surface area contributed by atoms with Crippen molar-refractivity contribution in [2.45, 2.75) is 44.6 Å². The van der Waals surface area contributed by atoms with Crippen LogP contribution in [0.25, 0.3) is 0 Å². The fraction of sp³-hybridized carbons (Fsp3) is 0.571. The molecule has 0 radical (unpaired) electrons. The summed E-state index contributed by atoms with van der Waals surface area (Å²) in [5.74, 6) is -0.850. The number of benzene rings is 1. The zero-order valence-electron chi connectivity index (χ0n) is 16.2. The summed E-state index contributed by atoms with van der Waals surface area (Å²) in [5.41, 5.74) is 0.530. The summed E-state index contributed by atoms with van der Waals surface area (Å²) in [6.07, 6.45) is 6.10. The van der Waals surface area contributed by atoms with Crippen molar-refractivity contribution < 1.29 is 18.8 Å². The number of likely N-dealkylation sites (tertiary alicyclic amines) is 1. The van der Waals surface area contributed by atoms with Gasteiger partial charge in [-0.2, -0.15) is 11.8 Å². The molecular weight excluding hydrogens is 379 g/mol. The van der Waals surface area contributed by atoms with Gasteiger partial charge in [-0.3, -0.25) is 19.3 Å². The molecule has 3 rings (SSSR count). The van der Waals surface area contributed by atoms with Gasteiger partial charge in [-0.05, 0) is 49.3 Å². The number of rotatable bonds is 8. The molecule has 1 heterocycles. The predicted molar refractivity (Wildman–Crippen MR) is 107 cm³/mol. The van der Waals surface area contributed by atoms with E-state index in [9.17, 15) is 18.8 Å².